The van der Waals surface area contributed by atoms with E-state index in [0.717, 1.165) is 20.9 Å². The van der Waals surface area contributed by atoms with Gasteiger partial charge in [-0.25, -0.2) is 4.98 Å². The molecule has 0 saturated heterocycles. The van der Waals surface area contributed by atoms with Crippen molar-refractivity contribution < 1.29 is 0 Å². The van der Waals surface area contributed by atoms with E-state index in [1.165, 1.54) is 10.8 Å². The molecule has 22 heavy (non-hydrogen) atoms. The quantitative estimate of drug-likeness (QED) is 0.547. The molecule has 108 valence electrons. The summed E-state index contributed by atoms with van der Waals surface area (Å²) in [4.78, 5) is 4.59. The molecule has 0 fully saturated rings. The Morgan fingerprint density at radius 2 is 1.68 bits per heavy atom. The van der Waals surface area contributed by atoms with Crippen molar-refractivity contribution in [2.75, 3.05) is 5.32 Å². The molecule has 0 radical (unpaired) electrons. The fourth-order valence-corrected chi connectivity index (χ4v) is 3.57. The van der Waals surface area contributed by atoms with E-state index in [4.69, 9.17) is 5.73 Å². The highest BCUT2D eigenvalue weighted by molar-refractivity contribution is 7.22. The van der Waals surface area contributed by atoms with Crippen LogP contribution in [0.25, 0.3) is 21.0 Å². The van der Waals surface area contributed by atoms with Crippen molar-refractivity contribution in [2.45, 2.75) is 6.17 Å². The predicted octanol–water partition coefficient (Wildman–Crippen LogP) is 4.52. The van der Waals surface area contributed by atoms with Crippen molar-refractivity contribution in [3.05, 3.63) is 72.3 Å². The number of nitrogens with one attached hydrogen (secondary N) is 1. The van der Waals surface area contributed by atoms with Gasteiger partial charge in [0.1, 0.15) is 6.17 Å². The van der Waals surface area contributed by atoms with Crippen molar-refractivity contribution >= 4 is 37.5 Å². The fourth-order valence-electron chi connectivity index (χ4n) is 2.67. The molecule has 0 aliphatic heterocycles. The number of nitrogens with zero attached hydrogens (tertiary/aromatic N) is 1. The van der Waals surface area contributed by atoms with E-state index in [1.54, 1.807) is 11.3 Å². The Hall–Kier alpha value is -2.43. The maximum atomic E-state index is 6.37. The predicted molar refractivity (Wildman–Crippen MR) is 94.1 cm³/mol. The lowest BCUT2D eigenvalue weighted by molar-refractivity contribution is 0.843. The average molecular weight is 305 g/mol. The zero-order chi connectivity index (χ0) is 14.9. The summed E-state index contributed by atoms with van der Waals surface area (Å²) in [6, 6.07) is 22.6. The average Bonchev–Trinajstić information content (AvgIpc) is 2.96. The number of benzene rings is 3. The summed E-state index contributed by atoms with van der Waals surface area (Å²) in [5.74, 6) is 0. The third-order valence-corrected chi connectivity index (χ3v) is 4.70. The van der Waals surface area contributed by atoms with E-state index >= 15 is 0 Å². The Kier molecular flexibility index (Phi) is 3.25. The highest BCUT2D eigenvalue weighted by Crippen LogP contribution is 2.29. The highest BCUT2D eigenvalue weighted by atomic mass is 32.1. The van der Waals surface area contributed by atoms with Crippen LogP contribution in [-0.2, 0) is 0 Å². The van der Waals surface area contributed by atoms with Gasteiger partial charge >= 0.3 is 0 Å². The second kappa shape index (κ2) is 5.40. The van der Waals surface area contributed by atoms with Gasteiger partial charge in [0.15, 0.2) is 5.13 Å². The van der Waals surface area contributed by atoms with Crippen LogP contribution in [0.2, 0.25) is 0 Å². The van der Waals surface area contributed by atoms with E-state index in [0.29, 0.717) is 0 Å². The van der Waals surface area contributed by atoms with Crippen molar-refractivity contribution in [3.63, 3.8) is 0 Å². The zero-order valence-electron chi connectivity index (χ0n) is 11.9. The highest BCUT2D eigenvalue weighted by Gasteiger charge is 2.11. The summed E-state index contributed by atoms with van der Waals surface area (Å²) in [6.45, 7) is 0. The Bertz CT molecular complexity index is 907. The van der Waals surface area contributed by atoms with Gasteiger partial charge in [-0.1, -0.05) is 65.9 Å². The molecule has 3 N–H and O–H groups in total. The molecule has 1 unspecified atom stereocenters. The molecule has 1 aromatic heterocycles. The van der Waals surface area contributed by atoms with Crippen LogP contribution in [0.3, 0.4) is 0 Å². The molecule has 1 atom stereocenters. The van der Waals surface area contributed by atoms with Gasteiger partial charge in [0.05, 0.1) is 10.2 Å². The standard InChI is InChI=1S/C18H15N3S/c19-17(14-9-5-7-12-6-1-2-8-13(12)14)21-18-20-15-10-3-4-11-16(15)22-18/h1-11,17H,19H2,(H,20,21). The first kappa shape index (κ1) is 13.2. The number of para-hydroxylation sites is 1. The number of hydrogen-bond acceptors (Lipinski definition) is 4. The third kappa shape index (κ3) is 2.32. The minimum atomic E-state index is -0.285. The Morgan fingerprint density at radius 3 is 2.59 bits per heavy atom. The van der Waals surface area contributed by atoms with Crippen LogP contribution in [-0.4, -0.2) is 4.98 Å². The van der Waals surface area contributed by atoms with Gasteiger partial charge in [-0.3, -0.25) is 0 Å². The zero-order valence-corrected chi connectivity index (χ0v) is 12.7. The smallest absolute Gasteiger partial charge is 0.185 e. The Morgan fingerprint density at radius 1 is 0.909 bits per heavy atom. The lowest BCUT2D eigenvalue weighted by Crippen LogP contribution is -2.20. The molecule has 3 nitrogen and oxygen atoms in total. The molecule has 4 rings (SSSR count). The lowest BCUT2D eigenvalue weighted by Gasteiger charge is -2.15. The topological polar surface area (TPSA) is 50.9 Å². The molecule has 3 aromatic carbocycles. The van der Waals surface area contributed by atoms with E-state index in [-0.39, 0.29) is 6.17 Å². The van der Waals surface area contributed by atoms with Gasteiger partial charge in [0, 0.05) is 0 Å². The number of hydrogen-bond donors (Lipinski definition) is 2. The molecule has 4 aromatic rings. The van der Waals surface area contributed by atoms with Crippen LogP contribution in [0.5, 0.6) is 0 Å². The maximum Gasteiger partial charge on any atom is 0.185 e. The summed E-state index contributed by atoms with van der Waals surface area (Å²) < 4.78 is 1.16. The molecule has 0 aliphatic carbocycles. The van der Waals surface area contributed by atoms with Crippen molar-refractivity contribution in [1.82, 2.24) is 4.98 Å². The minimum absolute atomic E-state index is 0.285. The van der Waals surface area contributed by atoms with Gasteiger partial charge in [-0.15, -0.1) is 0 Å². The van der Waals surface area contributed by atoms with E-state index < -0.39 is 0 Å². The van der Waals surface area contributed by atoms with Crippen LogP contribution in [0, 0.1) is 0 Å². The van der Waals surface area contributed by atoms with Gasteiger partial charge in [-0.05, 0) is 28.5 Å². The Balaban J connectivity index is 1.70. The van der Waals surface area contributed by atoms with Gasteiger partial charge < -0.3 is 11.1 Å². The third-order valence-electron chi connectivity index (χ3n) is 3.73. The largest absolute Gasteiger partial charge is 0.342 e. The fraction of sp³-hybridized carbons (Fsp3) is 0.0556. The van der Waals surface area contributed by atoms with E-state index in [2.05, 4.69) is 40.6 Å². The minimum Gasteiger partial charge on any atom is -0.342 e. The molecule has 1 heterocycles. The van der Waals surface area contributed by atoms with Crippen LogP contribution in [0.15, 0.2) is 66.7 Å². The van der Waals surface area contributed by atoms with Crippen molar-refractivity contribution in [3.8, 4) is 0 Å². The molecule has 0 bridgehead atoms. The van der Waals surface area contributed by atoms with Gasteiger partial charge in [-0.2, -0.15) is 0 Å². The number of nitrogens with two attached hydrogens (primary N) is 1. The van der Waals surface area contributed by atoms with Crippen LogP contribution in [0.1, 0.15) is 11.7 Å². The van der Waals surface area contributed by atoms with Crippen LogP contribution >= 0.6 is 11.3 Å². The molecular weight excluding hydrogens is 290 g/mol. The van der Waals surface area contributed by atoms with Gasteiger partial charge in [0.25, 0.3) is 0 Å². The second-order valence-corrected chi connectivity index (χ2v) is 6.21. The number of thiazole rings is 1. The molecule has 4 heteroatoms. The summed E-state index contributed by atoms with van der Waals surface area (Å²) in [6.07, 6.45) is -0.285. The van der Waals surface area contributed by atoms with E-state index in [9.17, 15) is 0 Å². The van der Waals surface area contributed by atoms with Crippen LogP contribution in [0.4, 0.5) is 5.13 Å². The maximum absolute atomic E-state index is 6.37. The lowest BCUT2D eigenvalue weighted by atomic mass is 10.0. The SMILES string of the molecule is NC(Nc1nc2ccccc2s1)c1cccc2ccccc12. The second-order valence-electron chi connectivity index (χ2n) is 5.18. The molecule has 0 saturated carbocycles. The number of rotatable bonds is 3. The first-order valence-electron chi connectivity index (χ1n) is 7.16. The molecule has 0 spiro atoms. The normalized spacial score (nSPS) is 12.6. The van der Waals surface area contributed by atoms with Crippen LogP contribution < -0.4 is 11.1 Å². The monoisotopic (exact) mass is 305 g/mol. The molecular formula is C18H15N3S. The van der Waals surface area contributed by atoms with Gasteiger partial charge in [0.2, 0.25) is 0 Å². The van der Waals surface area contributed by atoms with Crippen molar-refractivity contribution in [1.29, 1.82) is 0 Å². The number of anilines is 1. The molecule has 0 amide bonds. The van der Waals surface area contributed by atoms with Crippen molar-refractivity contribution in [2.24, 2.45) is 5.73 Å². The summed E-state index contributed by atoms with van der Waals surface area (Å²) in [7, 11) is 0. The Labute approximate surface area is 132 Å². The first-order chi connectivity index (χ1) is 10.8. The molecule has 0 aliphatic rings. The number of fused-ring (bicyclic) bond motifs is 2. The summed E-state index contributed by atoms with van der Waals surface area (Å²) in [5, 5.41) is 6.54. The number of aromatic nitrogens is 1. The van der Waals surface area contributed by atoms with E-state index in [1.807, 2.05) is 36.4 Å². The summed E-state index contributed by atoms with van der Waals surface area (Å²) >= 11 is 1.62. The first-order valence-corrected chi connectivity index (χ1v) is 7.98. The summed E-state index contributed by atoms with van der Waals surface area (Å²) in [5.41, 5.74) is 8.45.